The standard InChI is InChI=1S/C16H18N4O/c1-20(2)15-8-6-12(7-9-15)11-18-19-16(21)13-4-3-5-14(17)10-13/h3-11H,17H2,1-2H3,(H,19,21)/b18-11-. The van der Waals surface area contributed by atoms with Gasteiger partial charge in [0.05, 0.1) is 6.21 Å². The molecule has 2 aromatic carbocycles. The SMILES string of the molecule is CN(C)c1ccc(/C=N\NC(=O)c2cccc(N)c2)cc1. The third-order valence-corrected chi connectivity index (χ3v) is 2.94. The van der Waals surface area contributed by atoms with Crippen LogP contribution in [0.3, 0.4) is 0 Å². The van der Waals surface area contributed by atoms with Gasteiger partial charge in [-0.3, -0.25) is 4.79 Å². The number of nitrogens with one attached hydrogen (secondary N) is 1. The third-order valence-electron chi connectivity index (χ3n) is 2.94. The first-order valence-electron chi connectivity index (χ1n) is 6.52. The molecule has 0 aliphatic carbocycles. The lowest BCUT2D eigenvalue weighted by Crippen LogP contribution is -2.17. The summed E-state index contributed by atoms with van der Waals surface area (Å²) in [5, 5.41) is 3.94. The van der Waals surface area contributed by atoms with E-state index in [1.54, 1.807) is 30.5 Å². The van der Waals surface area contributed by atoms with Crippen LogP contribution in [0.1, 0.15) is 15.9 Å². The Hall–Kier alpha value is -2.82. The Morgan fingerprint density at radius 1 is 1.19 bits per heavy atom. The van der Waals surface area contributed by atoms with Crippen molar-refractivity contribution in [3.05, 3.63) is 59.7 Å². The molecular weight excluding hydrogens is 264 g/mol. The van der Waals surface area contributed by atoms with Crippen LogP contribution in [-0.4, -0.2) is 26.2 Å². The van der Waals surface area contributed by atoms with Gasteiger partial charge in [0, 0.05) is 31.0 Å². The van der Waals surface area contributed by atoms with Gasteiger partial charge in [0.25, 0.3) is 5.91 Å². The Morgan fingerprint density at radius 3 is 2.52 bits per heavy atom. The smallest absolute Gasteiger partial charge is 0.271 e. The number of hydrogen-bond donors (Lipinski definition) is 2. The first-order valence-corrected chi connectivity index (χ1v) is 6.52. The lowest BCUT2D eigenvalue weighted by Gasteiger charge is -2.11. The summed E-state index contributed by atoms with van der Waals surface area (Å²) in [6, 6.07) is 14.6. The van der Waals surface area contributed by atoms with E-state index in [1.165, 1.54) is 0 Å². The monoisotopic (exact) mass is 282 g/mol. The number of benzene rings is 2. The van der Waals surface area contributed by atoms with Gasteiger partial charge in [-0.25, -0.2) is 5.43 Å². The van der Waals surface area contributed by atoms with Crippen LogP contribution in [0, 0.1) is 0 Å². The fourth-order valence-corrected chi connectivity index (χ4v) is 1.77. The normalized spacial score (nSPS) is 10.6. The Balaban J connectivity index is 1.97. The van der Waals surface area contributed by atoms with E-state index < -0.39 is 0 Å². The van der Waals surface area contributed by atoms with E-state index in [2.05, 4.69) is 10.5 Å². The Morgan fingerprint density at radius 2 is 1.90 bits per heavy atom. The zero-order valence-electron chi connectivity index (χ0n) is 12.1. The second-order valence-corrected chi connectivity index (χ2v) is 4.81. The van der Waals surface area contributed by atoms with Crippen molar-refractivity contribution in [3.8, 4) is 0 Å². The molecule has 0 unspecified atom stereocenters. The zero-order valence-corrected chi connectivity index (χ0v) is 12.1. The number of nitrogens with zero attached hydrogens (tertiary/aromatic N) is 2. The first kappa shape index (κ1) is 14.6. The fraction of sp³-hybridized carbons (Fsp3) is 0.125. The van der Waals surface area contributed by atoms with Gasteiger partial charge < -0.3 is 10.6 Å². The van der Waals surface area contributed by atoms with E-state index in [0.29, 0.717) is 11.3 Å². The molecule has 108 valence electrons. The molecule has 0 heterocycles. The molecule has 0 saturated heterocycles. The number of rotatable bonds is 4. The van der Waals surface area contributed by atoms with Gasteiger partial charge in [-0.15, -0.1) is 0 Å². The molecule has 5 heteroatoms. The Kier molecular flexibility index (Phi) is 4.56. The Labute approximate surface area is 124 Å². The van der Waals surface area contributed by atoms with Crippen LogP contribution in [0.5, 0.6) is 0 Å². The van der Waals surface area contributed by atoms with Crippen LogP contribution >= 0.6 is 0 Å². The van der Waals surface area contributed by atoms with Gasteiger partial charge in [-0.05, 0) is 35.9 Å². The van der Waals surface area contributed by atoms with Crippen molar-refractivity contribution in [2.75, 3.05) is 24.7 Å². The second kappa shape index (κ2) is 6.56. The lowest BCUT2D eigenvalue weighted by molar-refractivity contribution is 0.0955. The van der Waals surface area contributed by atoms with Gasteiger partial charge in [-0.1, -0.05) is 18.2 Å². The van der Waals surface area contributed by atoms with Gasteiger partial charge in [0.1, 0.15) is 0 Å². The zero-order chi connectivity index (χ0) is 15.2. The molecule has 0 saturated carbocycles. The molecule has 0 atom stereocenters. The van der Waals surface area contributed by atoms with Crippen molar-refractivity contribution in [2.45, 2.75) is 0 Å². The topological polar surface area (TPSA) is 70.7 Å². The number of amides is 1. The first-order chi connectivity index (χ1) is 10.1. The highest BCUT2D eigenvalue weighted by Gasteiger charge is 2.03. The highest BCUT2D eigenvalue weighted by Crippen LogP contribution is 2.11. The molecule has 3 N–H and O–H groups in total. The van der Waals surface area contributed by atoms with Crippen molar-refractivity contribution < 1.29 is 4.79 Å². The van der Waals surface area contributed by atoms with E-state index in [0.717, 1.165) is 11.3 Å². The van der Waals surface area contributed by atoms with E-state index in [9.17, 15) is 4.79 Å². The van der Waals surface area contributed by atoms with Crippen molar-refractivity contribution in [2.24, 2.45) is 5.10 Å². The van der Waals surface area contributed by atoms with Gasteiger partial charge in [-0.2, -0.15) is 5.10 Å². The summed E-state index contributed by atoms with van der Waals surface area (Å²) >= 11 is 0. The predicted molar refractivity (Wildman–Crippen MR) is 86.7 cm³/mol. The largest absolute Gasteiger partial charge is 0.399 e. The van der Waals surface area contributed by atoms with Crippen molar-refractivity contribution in [1.29, 1.82) is 0 Å². The Bertz CT molecular complexity index is 648. The molecule has 0 aliphatic rings. The summed E-state index contributed by atoms with van der Waals surface area (Å²) in [5.74, 6) is -0.288. The van der Waals surface area contributed by atoms with E-state index in [1.807, 2.05) is 43.3 Å². The minimum absolute atomic E-state index is 0.288. The van der Waals surface area contributed by atoms with Crippen molar-refractivity contribution in [3.63, 3.8) is 0 Å². The number of nitrogen functional groups attached to an aromatic ring is 1. The quantitative estimate of drug-likeness (QED) is 0.512. The summed E-state index contributed by atoms with van der Waals surface area (Å²) in [6.45, 7) is 0. The average molecular weight is 282 g/mol. The summed E-state index contributed by atoms with van der Waals surface area (Å²) in [7, 11) is 3.96. The molecule has 0 aliphatic heterocycles. The lowest BCUT2D eigenvalue weighted by atomic mass is 10.2. The maximum atomic E-state index is 11.8. The molecular formula is C16H18N4O. The molecule has 0 fully saturated rings. The number of nitrogens with two attached hydrogens (primary N) is 1. The van der Waals surface area contributed by atoms with Crippen LogP contribution < -0.4 is 16.1 Å². The maximum Gasteiger partial charge on any atom is 0.271 e. The van der Waals surface area contributed by atoms with Gasteiger partial charge in [0.2, 0.25) is 0 Å². The summed E-state index contributed by atoms with van der Waals surface area (Å²) < 4.78 is 0. The van der Waals surface area contributed by atoms with E-state index in [4.69, 9.17) is 5.73 Å². The number of hydrazone groups is 1. The highest BCUT2D eigenvalue weighted by atomic mass is 16.2. The number of carbonyl (C=O) groups excluding carboxylic acids is 1. The highest BCUT2D eigenvalue weighted by molar-refractivity contribution is 5.95. The van der Waals surface area contributed by atoms with Gasteiger partial charge in [0.15, 0.2) is 0 Å². The average Bonchev–Trinajstić information content (AvgIpc) is 2.47. The maximum absolute atomic E-state index is 11.8. The second-order valence-electron chi connectivity index (χ2n) is 4.81. The third kappa shape index (κ3) is 4.07. The minimum Gasteiger partial charge on any atom is -0.399 e. The van der Waals surface area contributed by atoms with E-state index >= 15 is 0 Å². The van der Waals surface area contributed by atoms with Crippen molar-refractivity contribution in [1.82, 2.24) is 5.43 Å². The van der Waals surface area contributed by atoms with Crippen LogP contribution in [0.25, 0.3) is 0 Å². The molecule has 0 aromatic heterocycles. The number of anilines is 2. The minimum atomic E-state index is -0.288. The van der Waals surface area contributed by atoms with Gasteiger partial charge >= 0.3 is 0 Å². The molecule has 1 amide bonds. The molecule has 0 bridgehead atoms. The summed E-state index contributed by atoms with van der Waals surface area (Å²) in [5.41, 5.74) is 11.2. The fourth-order valence-electron chi connectivity index (χ4n) is 1.77. The molecule has 0 radical (unpaired) electrons. The number of hydrogen-bond acceptors (Lipinski definition) is 4. The van der Waals surface area contributed by atoms with E-state index in [-0.39, 0.29) is 5.91 Å². The van der Waals surface area contributed by atoms with Crippen LogP contribution in [-0.2, 0) is 0 Å². The molecule has 21 heavy (non-hydrogen) atoms. The van der Waals surface area contributed by atoms with Crippen LogP contribution in [0.4, 0.5) is 11.4 Å². The summed E-state index contributed by atoms with van der Waals surface area (Å²) in [4.78, 5) is 13.9. The number of carbonyl (C=O) groups is 1. The molecule has 0 spiro atoms. The van der Waals surface area contributed by atoms with Crippen LogP contribution in [0.15, 0.2) is 53.6 Å². The molecule has 2 rings (SSSR count). The van der Waals surface area contributed by atoms with Crippen LogP contribution in [0.2, 0.25) is 0 Å². The molecule has 2 aromatic rings. The predicted octanol–water partition coefficient (Wildman–Crippen LogP) is 2.10. The molecule has 5 nitrogen and oxygen atoms in total. The van der Waals surface area contributed by atoms with Crippen molar-refractivity contribution >= 4 is 23.5 Å². The summed E-state index contributed by atoms with van der Waals surface area (Å²) in [6.07, 6.45) is 1.60.